The van der Waals surface area contributed by atoms with Crippen molar-refractivity contribution >= 4 is 18.0 Å². The molecule has 1 rings (SSSR count). The minimum atomic E-state index is -1.06. The van der Waals surface area contributed by atoms with Crippen molar-refractivity contribution in [3.63, 3.8) is 0 Å². The fourth-order valence-electron chi connectivity index (χ4n) is 1.49. The molecule has 6 heteroatoms. The van der Waals surface area contributed by atoms with Crippen molar-refractivity contribution < 1.29 is 24.2 Å². The van der Waals surface area contributed by atoms with E-state index in [-0.39, 0.29) is 12.5 Å². The summed E-state index contributed by atoms with van der Waals surface area (Å²) in [7, 11) is 3.20. The standard InChI is InChI=1S/C15H19NO5/c1-4-16(2)14(17)10-21-13-9-12(20-3)7-5-11(13)6-8-15(18)19/h5-9H,4,10H2,1-3H3,(H,18,19). The summed E-state index contributed by atoms with van der Waals surface area (Å²) >= 11 is 0. The van der Waals surface area contributed by atoms with Crippen molar-refractivity contribution in [2.45, 2.75) is 6.92 Å². The molecule has 0 unspecified atom stereocenters. The number of benzene rings is 1. The summed E-state index contributed by atoms with van der Waals surface area (Å²) in [5.41, 5.74) is 0.560. The number of hydrogen-bond donors (Lipinski definition) is 1. The second kappa shape index (κ2) is 7.94. The molecule has 114 valence electrons. The second-order valence-electron chi connectivity index (χ2n) is 4.27. The summed E-state index contributed by atoms with van der Waals surface area (Å²) in [6.07, 6.45) is 2.42. The lowest BCUT2D eigenvalue weighted by Gasteiger charge is -2.16. The molecule has 0 saturated heterocycles. The quantitative estimate of drug-likeness (QED) is 0.774. The van der Waals surface area contributed by atoms with E-state index in [0.29, 0.717) is 23.6 Å². The van der Waals surface area contributed by atoms with E-state index in [1.54, 1.807) is 25.2 Å². The van der Waals surface area contributed by atoms with Gasteiger partial charge in [-0.2, -0.15) is 0 Å². The smallest absolute Gasteiger partial charge is 0.328 e. The average Bonchev–Trinajstić information content (AvgIpc) is 2.49. The molecule has 0 bridgehead atoms. The number of carboxylic acid groups (broad SMARTS) is 1. The lowest BCUT2D eigenvalue weighted by molar-refractivity contribution is -0.132. The van der Waals surface area contributed by atoms with Crippen molar-refractivity contribution in [3.05, 3.63) is 29.8 Å². The normalized spacial score (nSPS) is 10.4. The summed E-state index contributed by atoms with van der Waals surface area (Å²) in [5.74, 6) is -0.259. The van der Waals surface area contributed by atoms with Crippen LogP contribution in [0, 0.1) is 0 Å². The number of methoxy groups -OCH3 is 1. The van der Waals surface area contributed by atoms with E-state index in [1.165, 1.54) is 18.1 Å². The number of hydrogen-bond acceptors (Lipinski definition) is 4. The molecular formula is C15H19NO5. The first-order valence-electron chi connectivity index (χ1n) is 6.43. The van der Waals surface area contributed by atoms with Crippen LogP contribution in [0.4, 0.5) is 0 Å². The second-order valence-corrected chi connectivity index (χ2v) is 4.27. The Hall–Kier alpha value is -2.50. The van der Waals surface area contributed by atoms with Crippen LogP contribution >= 0.6 is 0 Å². The summed E-state index contributed by atoms with van der Waals surface area (Å²) in [6, 6.07) is 4.97. The van der Waals surface area contributed by atoms with E-state index < -0.39 is 5.97 Å². The summed E-state index contributed by atoms with van der Waals surface area (Å²) in [6.45, 7) is 2.34. The molecule has 0 fully saturated rings. The number of carbonyl (C=O) groups is 2. The van der Waals surface area contributed by atoms with Gasteiger partial charge in [-0.15, -0.1) is 0 Å². The number of amides is 1. The third kappa shape index (κ3) is 5.18. The number of carboxylic acids is 1. The fourth-order valence-corrected chi connectivity index (χ4v) is 1.49. The predicted molar refractivity (Wildman–Crippen MR) is 78.5 cm³/mol. The Morgan fingerprint density at radius 2 is 2.10 bits per heavy atom. The van der Waals surface area contributed by atoms with E-state index in [9.17, 15) is 9.59 Å². The summed E-state index contributed by atoms with van der Waals surface area (Å²) in [4.78, 5) is 23.9. The van der Waals surface area contributed by atoms with Gasteiger partial charge in [0.2, 0.25) is 0 Å². The molecule has 1 N–H and O–H groups in total. The van der Waals surface area contributed by atoms with Gasteiger partial charge < -0.3 is 19.5 Å². The Balaban J connectivity index is 2.91. The lowest BCUT2D eigenvalue weighted by atomic mass is 10.1. The molecular weight excluding hydrogens is 274 g/mol. The van der Waals surface area contributed by atoms with Crippen LogP contribution in [-0.4, -0.2) is 49.2 Å². The first kappa shape index (κ1) is 16.6. The van der Waals surface area contributed by atoms with Gasteiger partial charge >= 0.3 is 5.97 Å². The minimum Gasteiger partial charge on any atom is -0.497 e. The zero-order valence-corrected chi connectivity index (χ0v) is 12.3. The molecule has 1 aromatic rings. The van der Waals surface area contributed by atoms with Gasteiger partial charge in [0.15, 0.2) is 6.61 Å². The van der Waals surface area contributed by atoms with E-state index in [4.69, 9.17) is 14.6 Å². The molecule has 0 aliphatic heterocycles. The maximum absolute atomic E-state index is 11.7. The maximum atomic E-state index is 11.7. The van der Waals surface area contributed by atoms with E-state index >= 15 is 0 Å². The molecule has 0 radical (unpaired) electrons. The van der Waals surface area contributed by atoms with E-state index in [2.05, 4.69) is 0 Å². The van der Waals surface area contributed by atoms with Crippen LogP contribution in [0.3, 0.4) is 0 Å². The highest BCUT2D eigenvalue weighted by atomic mass is 16.5. The fraction of sp³-hybridized carbons (Fsp3) is 0.333. The Bertz CT molecular complexity index is 539. The number of rotatable bonds is 7. The first-order chi connectivity index (χ1) is 9.97. The van der Waals surface area contributed by atoms with Gasteiger partial charge in [0.05, 0.1) is 7.11 Å². The van der Waals surface area contributed by atoms with E-state index in [0.717, 1.165) is 6.08 Å². The molecule has 1 aromatic carbocycles. The van der Waals surface area contributed by atoms with Crippen LogP contribution in [0.2, 0.25) is 0 Å². The average molecular weight is 293 g/mol. The topological polar surface area (TPSA) is 76.1 Å². The molecule has 0 spiro atoms. The Morgan fingerprint density at radius 1 is 1.38 bits per heavy atom. The summed E-state index contributed by atoms with van der Waals surface area (Å²) in [5, 5.41) is 8.68. The van der Waals surface area contributed by atoms with Gasteiger partial charge in [0.25, 0.3) is 5.91 Å². The SMILES string of the molecule is CCN(C)C(=O)COc1cc(OC)ccc1C=CC(=O)O. The van der Waals surface area contributed by atoms with Gasteiger partial charge in [-0.25, -0.2) is 4.79 Å². The molecule has 6 nitrogen and oxygen atoms in total. The zero-order valence-electron chi connectivity index (χ0n) is 12.3. The van der Waals surface area contributed by atoms with Crippen LogP contribution in [0.15, 0.2) is 24.3 Å². The van der Waals surface area contributed by atoms with Crippen molar-refractivity contribution in [2.24, 2.45) is 0 Å². The van der Waals surface area contributed by atoms with Crippen molar-refractivity contribution in [1.29, 1.82) is 0 Å². The van der Waals surface area contributed by atoms with Gasteiger partial charge in [-0.05, 0) is 25.1 Å². The van der Waals surface area contributed by atoms with Gasteiger partial charge in [0, 0.05) is 31.3 Å². The highest BCUT2D eigenvalue weighted by molar-refractivity contribution is 5.86. The van der Waals surface area contributed by atoms with Crippen LogP contribution in [0.1, 0.15) is 12.5 Å². The monoisotopic (exact) mass is 293 g/mol. The minimum absolute atomic E-state index is 0.120. The molecule has 0 aliphatic carbocycles. The Morgan fingerprint density at radius 3 is 2.67 bits per heavy atom. The molecule has 0 heterocycles. The zero-order chi connectivity index (χ0) is 15.8. The molecule has 0 saturated carbocycles. The third-order valence-corrected chi connectivity index (χ3v) is 2.88. The van der Waals surface area contributed by atoms with Gasteiger partial charge in [0.1, 0.15) is 11.5 Å². The molecule has 1 amide bonds. The van der Waals surface area contributed by atoms with Crippen LogP contribution in [-0.2, 0) is 9.59 Å². The van der Waals surface area contributed by atoms with Crippen molar-refractivity contribution in [2.75, 3.05) is 27.3 Å². The van der Waals surface area contributed by atoms with Crippen molar-refractivity contribution in [1.82, 2.24) is 4.90 Å². The Kier molecular flexibility index (Phi) is 6.26. The Labute approximate surface area is 123 Å². The van der Waals surface area contributed by atoms with Crippen LogP contribution in [0.5, 0.6) is 11.5 Å². The van der Waals surface area contributed by atoms with Gasteiger partial charge in [-0.3, -0.25) is 4.79 Å². The van der Waals surface area contributed by atoms with Crippen LogP contribution in [0.25, 0.3) is 6.08 Å². The van der Waals surface area contributed by atoms with Crippen molar-refractivity contribution in [3.8, 4) is 11.5 Å². The third-order valence-electron chi connectivity index (χ3n) is 2.88. The molecule has 21 heavy (non-hydrogen) atoms. The first-order valence-corrected chi connectivity index (χ1v) is 6.43. The molecule has 0 aromatic heterocycles. The maximum Gasteiger partial charge on any atom is 0.328 e. The number of ether oxygens (including phenoxy) is 2. The summed E-state index contributed by atoms with van der Waals surface area (Å²) < 4.78 is 10.6. The van der Waals surface area contributed by atoms with Crippen LogP contribution < -0.4 is 9.47 Å². The predicted octanol–water partition coefficient (Wildman–Crippen LogP) is 1.65. The highest BCUT2D eigenvalue weighted by Gasteiger charge is 2.10. The number of carbonyl (C=O) groups excluding carboxylic acids is 1. The molecule has 0 aliphatic rings. The van der Waals surface area contributed by atoms with Gasteiger partial charge in [-0.1, -0.05) is 0 Å². The number of likely N-dealkylation sites (N-methyl/N-ethyl adjacent to an activating group) is 1. The number of nitrogens with zero attached hydrogens (tertiary/aromatic N) is 1. The molecule has 0 atom stereocenters. The number of aliphatic carboxylic acids is 1. The largest absolute Gasteiger partial charge is 0.497 e. The lowest BCUT2D eigenvalue weighted by Crippen LogP contribution is -2.31. The van der Waals surface area contributed by atoms with E-state index in [1.807, 2.05) is 6.92 Å². The highest BCUT2D eigenvalue weighted by Crippen LogP contribution is 2.26.